The second-order valence-corrected chi connectivity index (χ2v) is 9.47. The number of carbonyl (C=O) groups excluding carboxylic acids is 1. The van der Waals surface area contributed by atoms with Crippen LogP contribution in [-0.4, -0.2) is 22.9 Å². The summed E-state index contributed by atoms with van der Waals surface area (Å²) in [6.07, 6.45) is 1.39. The first-order chi connectivity index (χ1) is 10.5. The van der Waals surface area contributed by atoms with E-state index in [9.17, 15) is 9.36 Å². The molecule has 1 amide bonds. The number of carbonyl (C=O) groups is 1. The van der Waals surface area contributed by atoms with E-state index in [4.69, 9.17) is 9.79 Å². The van der Waals surface area contributed by atoms with Crippen LogP contribution in [0, 0.1) is 11.3 Å². The molecule has 7 heteroatoms. The maximum atomic E-state index is 13.0. The summed E-state index contributed by atoms with van der Waals surface area (Å²) in [5.41, 5.74) is 1.25. The number of nitriles is 1. The molecule has 0 bridgehead atoms. The van der Waals surface area contributed by atoms with Crippen molar-refractivity contribution in [2.75, 3.05) is 6.61 Å². The topological polar surface area (TPSA) is 70.4 Å². The van der Waals surface area contributed by atoms with Crippen molar-refractivity contribution in [2.24, 2.45) is 0 Å². The minimum Gasteiger partial charge on any atom is -0.306 e. The van der Waals surface area contributed by atoms with Crippen LogP contribution in [0.4, 0.5) is 0 Å². The van der Waals surface area contributed by atoms with Gasteiger partial charge in [0, 0.05) is 5.25 Å². The van der Waals surface area contributed by atoms with Gasteiger partial charge in [-0.25, -0.2) is 0 Å². The van der Waals surface area contributed by atoms with Crippen LogP contribution in [0.2, 0.25) is 0 Å². The van der Waals surface area contributed by atoms with E-state index < -0.39 is 6.72 Å². The number of amides is 1. The van der Waals surface area contributed by atoms with Gasteiger partial charge in [0.2, 0.25) is 6.41 Å². The standard InChI is InChI=1S/C15H21N2O3PS/c1-4-13(3)22-21(19,20-5-2)17(12-18)11-15-8-6-7-14(9-15)10-16/h6-9,12-13H,4-5,11H2,1-3H3. The molecule has 0 aliphatic rings. The third-order valence-electron chi connectivity index (χ3n) is 3.02. The minimum absolute atomic E-state index is 0.116. The summed E-state index contributed by atoms with van der Waals surface area (Å²) in [5, 5.41) is 9.05. The lowest BCUT2D eigenvalue weighted by molar-refractivity contribution is -0.114. The van der Waals surface area contributed by atoms with E-state index in [1.54, 1.807) is 31.2 Å². The molecule has 22 heavy (non-hydrogen) atoms. The van der Waals surface area contributed by atoms with Crippen LogP contribution in [-0.2, 0) is 20.4 Å². The highest BCUT2D eigenvalue weighted by atomic mass is 32.7. The smallest absolute Gasteiger partial charge is 0.306 e. The maximum absolute atomic E-state index is 13.0. The molecule has 0 aliphatic heterocycles. The van der Waals surface area contributed by atoms with E-state index in [0.29, 0.717) is 12.0 Å². The van der Waals surface area contributed by atoms with Crippen LogP contribution in [0.3, 0.4) is 0 Å². The van der Waals surface area contributed by atoms with Gasteiger partial charge in [0.25, 0.3) is 0 Å². The van der Waals surface area contributed by atoms with Crippen LogP contribution in [0.1, 0.15) is 38.3 Å². The predicted octanol–water partition coefficient (Wildman–Crippen LogP) is 4.19. The first-order valence-electron chi connectivity index (χ1n) is 7.13. The van der Waals surface area contributed by atoms with Gasteiger partial charge < -0.3 is 4.52 Å². The Labute approximate surface area is 135 Å². The molecule has 120 valence electrons. The van der Waals surface area contributed by atoms with Crippen molar-refractivity contribution in [3.8, 4) is 6.07 Å². The summed E-state index contributed by atoms with van der Waals surface area (Å²) in [4.78, 5) is 11.5. The molecule has 0 N–H and O–H groups in total. The highest BCUT2D eigenvalue weighted by Gasteiger charge is 2.33. The van der Waals surface area contributed by atoms with E-state index in [1.807, 2.05) is 13.8 Å². The van der Waals surface area contributed by atoms with Gasteiger partial charge in [-0.3, -0.25) is 14.0 Å². The Bertz CT molecular complexity index is 588. The summed E-state index contributed by atoms with van der Waals surface area (Å²) >= 11 is 1.20. The third kappa shape index (κ3) is 5.17. The predicted molar refractivity (Wildman–Crippen MR) is 89.3 cm³/mol. The monoisotopic (exact) mass is 340 g/mol. The number of hydrogen-bond donors (Lipinski definition) is 0. The van der Waals surface area contributed by atoms with Gasteiger partial charge in [-0.15, -0.1) is 0 Å². The number of hydrogen-bond acceptors (Lipinski definition) is 5. The molecule has 5 nitrogen and oxygen atoms in total. The average Bonchev–Trinajstić information content (AvgIpc) is 2.52. The lowest BCUT2D eigenvalue weighted by atomic mass is 10.1. The average molecular weight is 340 g/mol. The van der Waals surface area contributed by atoms with Crippen molar-refractivity contribution in [2.45, 2.75) is 39.0 Å². The Morgan fingerprint density at radius 3 is 2.77 bits per heavy atom. The second kappa shape index (κ2) is 8.99. The zero-order chi connectivity index (χ0) is 16.6. The van der Waals surface area contributed by atoms with E-state index in [0.717, 1.165) is 12.0 Å². The van der Waals surface area contributed by atoms with Crippen LogP contribution in [0.5, 0.6) is 0 Å². The normalized spacial score (nSPS) is 14.6. The van der Waals surface area contributed by atoms with E-state index in [-0.39, 0.29) is 18.4 Å². The molecule has 0 saturated heterocycles. The fourth-order valence-electron chi connectivity index (χ4n) is 1.74. The summed E-state index contributed by atoms with van der Waals surface area (Å²) in [5.74, 6) is 0. The molecule has 1 rings (SSSR count). The molecule has 2 atom stereocenters. The largest absolute Gasteiger partial charge is 0.356 e. The Hall–Kier alpha value is -1.28. The Morgan fingerprint density at radius 1 is 1.50 bits per heavy atom. The first kappa shape index (κ1) is 18.8. The van der Waals surface area contributed by atoms with Gasteiger partial charge in [-0.1, -0.05) is 26.0 Å². The summed E-state index contributed by atoms with van der Waals surface area (Å²) < 4.78 is 19.7. The molecule has 0 heterocycles. The molecular formula is C15H21N2O3PS. The molecule has 1 aromatic rings. The van der Waals surface area contributed by atoms with Crippen LogP contribution < -0.4 is 0 Å². The van der Waals surface area contributed by atoms with Crippen molar-refractivity contribution in [1.82, 2.24) is 4.67 Å². The second-order valence-electron chi connectivity index (χ2n) is 4.73. The summed E-state index contributed by atoms with van der Waals surface area (Å²) in [7, 11) is 0. The van der Waals surface area contributed by atoms with Gasteiger partial charge in [0.05, 0.1) is 24.8 Å². The summed E-state index contributed by atoms with van der Waals surface area (Å²) in [6.45, 7) is 2.83. The van der Waals surface area contributed by atoms with E-state index in [2.05, 4.69) is 6.07 Å². The van der Waals surface area contributed by atoms with Crippen molar-refractivity contribution in [1.29, 1.82) is 5.26 Å². The van der Waals surface area contributed by atoms with Gasteiger partial charge >= 0.3 is 6.72 Å². The number of nitrogens with zero attached hydrogens (tertiary/aromatic N) is 2. The minimum atomic E-state index is -3.29. The highest BCUT2D eigenvalue weighted by molar-refractivity contribution is 8.56. The molecule has 1 aromatic carbocycles. The number of rotatable bonds is 9. The quantitative estimate of drug-likeness (QED) is 0.498. The first-order valence-corrected chi connectivity index (χ1v) is 10.2. The van der Waals surface area contributed by atoms with Crippen molar-refractivity contribution < 1.29 is 13.9 Å². The van der Waals surface area contributed by atoms with Crippen LogP contribution in [0.15, 0.2) is 24.3 Å². The number of benzene rings is 1. The van der Waals surface area contributed by atoms with Gasteiger partial charge in [0.15, 0.2) is 0 Å². The third-order valence-corrected chi connectivity index (χ3v) is 8.25. The van der Waals surface area contributed by atoms with Gasteiger partial charge in [-0.2, -0.15) is 5.26 Å². The fourth-order valence-corrected chi connectivity index (χ4v) is 6.41. The molecule has 0 radical (unpaired) electrons. The molecule has 0 fully saturated rings. The van der Waals surface area contributed by atoms with Gasteiger partial charge in [0.1, 0.15) is 0 Å². The molecule has 2 unspecified atom stereocenters. The van der Waals surface area contributed by atoms with Crippen LogP contribution in [0.25, 0.3) is 0 Å². The fraction of sp³-hybridized carbons (Fsp3) is 0.467. The molecule has 0 spiro atoms. The lowest BCUT2D eigenvalue weighted by Crippen LogP contribution is -2.19. The lowest BCUT2D eigenvalue weighted by Gasteiger charge is -2.28. The van der Waals surface area contributed by atoms with E-state index >= 15 is 0 Å². The molecule has 0 aliphatic carbocycles. The zero-order valence-electron chi connectivity index (χ0n) is 13.1. The van der Waals surface area contributed by atoms with Crippen molar-refractivity contribution in [3.63, 3.8) is 0 Å². The van der Waals surface area contributed by atoms with Crippen molar-refractivity contribution in [3.05, 3.63) is 35.4 Å². The Balaban J connectivity index is 3.01. The molecule has 0 aromatic heterocycles. The maximum Gasteiger partial charge on any atom is 0.356 e. The van der Waals surface area contributed by atoms with Crippen molar-refractivity contribution >= 4 is 24.5 Å². The van der Waals surface area contributed by atoms with E-state index in [1.165, 1.54) is 16.1 Å². The van der Waals surface area contributed by atoms with Gasteiger partial charge in [-0.05, 0) is 42.4 Å². The van der Waals surface area contributed by atoms with Crippen LogP contribution >= 0.6 is 18.1 Å². The Kier molecular flexibility index (Phi) is 7.67. The summed E-state index contributed by atoms with van der Waals surface area (Å²) in [6, 6.07) is 8.95. The molecule has 0 saturated carbocycles. The Morgan fingerprint density at radius 2 is 2.23 bits per heavy atom. The SMILES string of the molecule is CCOP(=O)(SC(C)CC)N(C=O)Cc1cccc(C#N)c1. The highest BCUT2D eigenvalue weighted by Crippen LogP contribution is 2.64. The molecular weight excluding hydrogens is 319 g/mol. The zero-order valence-corrected chi connectivity index (χ0v) is 14.8.